The SMILES string of the molecule is COCNCC(=O)N1C[C@@](F)(COC)C[C@H]1C(=O)OCc1ccccc1. The fourth-order valence-electron chi connectivity index (χ4n) is 2.96. The first kappa shape index (κ1) is 20.3. The molecule has 26 heavy (non-hydrogen) atoms. The van der Waals surface area contributed by atoms with Gasteiger partial charge >= 0.3 is 5.97 Å². The molecule has 8 heteroatoms. The van der Waals surface area contributed by atoms with Crippen LogP contribution in [0, 0.1) is 0 Å². The van der Waals surface area contributed by atoms with Gasteiger partial charge in [0, 0.05) is 20.6 Å². The predicted molar refractivity (Wildman–Crippen MR) is 91.9 cm³/mol. The minimum atomic E-state index is -1.78. The molecule has 1 aromatic carbocycles. The van der Waals surface area contributed by atoms with Crippen LogP contribution < -0.4 is 5.32 Å². The summed E-state index contributed by atoms with van der Waals surface area (Å²) >= 11 is 0. The predicted octanol–water partition coefficient (Wildman–Crippen LogP) is 0.879. The summed E-state index contributed by atoms with van der Waals surface area (Å²) in [5.74, 6) is -1.01. The molecule has 1 aliphatic rings. The lowest BCUT2D eigenvalue weighted by molar-refractivity contribution is -0.154. The Labute approximate surface area is 152 Å². The van der Waals surface area contributed by atoms with Crippen LogP contribution in [-0.2, 0) is 30.4 Å². The van der Waals surface area contributed by atoms with Crippen LogP contribution in [0.15, 0.2) is 30.3 Å². The van der Waals surface area contributed by atoms with Gasteiger partial charge < -0.3 is 19.1 Å². The molecular weight excluding hydrogens is 343 g/mol. The highest BCUT2D eigenvalue weighted by Crippen LogP contribution is 2.32. The Morgan fingerprint density at radius 1 is 1.27 bits per heavy atom. The molecule has 1 N–H and O–H groups in total. The van der Waals surface area contributed by atoms with Gasteiger partial charge in [-0.05, 0) is 5.56 Å². The van der Waals surface area contributed by atoms with E-state index < -0.39 is 17.7 Å². The average Bonchev–Trinajstić information content (AvgIpc) is 2.99. The van der Waals surface area contributed by atoms with Crippen LogP contribution in [0.25, 0.3) is 0 Å². The molecule has 2 rings (SSSR count). The highest BCUT2D eigenvalue weighted by molar-refractivity contribution is 5.86. The topological polar surface area (TPSA) is 77.1 Å². The van der Waals surface area contributed by atoms with Crippen LogP contribution >= 0.6 is 0 Å². The van der Waals surface area contributed by atoms with Gasteiger partial charge in [-0.25, -0.2) is 9.18 Å². The van der Waals surface area contributed by atoms with Crippen LogP contribution in [0.1, 0.15) is 12.0 Å². The molecule has 1 aliphatic heterocycles. The van der Waals surface area contributed by atoms with Crippen LogP contribution in [0.3, 0.4) is 0 Å². The zero-order valence-electron chi connectivity index (χ0n) is 15.1. The summed E-state index contributed by atoms with van der Waals surface area (Å²) in [5, 5.41) is 2.77. The fraction of sp³-hybridized carbons (Fsp3) is 0.556. The molecule has 7 nitrogen and oxygen atoms in total. The highest BCUT2D eigenvalue weighted by atomic mass is 19.1. The van der Waals surface area contributed by atoms with Gasteiger partial charge in [-0.15, -0.1) is 0 Å². The molecule has 1 amide bonds. The lowest BCUT2D eigenvalue weighted by Gasteiger charge is -2.23. The number of likely N-dealkylation sites (tertiary alicyclic amines) is 1. The molecule has 0 radical (unpaired) electrons. The number of benzene rings is 1. The van der Waals surface area contributed by atoms with Crippen molar-refractivity contribution in [3.8, 4) is 0 Å². The van der Waals surface area contributed by atoms with Gasteiger partial charge in [-0.1, -0.05) is 30.3 Å². The van der Waals surface area contributed by atoms with Crippen molar-refractivity contribution in [2.45, 2.75) is 24.7 Å². The van der Waals surface area contributed by atoms with Crippen molar-refractivity contribution < 1.29 is 28.2 Å². The van der Waals surface area contributed by atoms with E-state index in [1.165, 1.54) is 19.1 Å². The number of rotatable bonds is 9. The summed E-state index contributed by atoms with van der Waals surface area (Å²) in [6.07, 6.45) is -0.148. The Morgan fingerprint density at radius 2 is 2.00 bits per heavy atom. The fourth-order valence-corrected chi connectivity index (χ4v) is 2.96. The molecule has 0 saturated carbocycles. The molecule has 0 aliphatic carbocycles. The zero-order valence-corrected chi connectivity index (χ0v) is 15.1. The van der Waals surface area contributed by atoms with Crippen molar-refractivity contribution in [3.63, 3.8) is 0 Å². The first-order valence-electron chi connectivity index (χ1n) is 8.36. The molecule has 0 aromatic heterocycles. The van der Waals surface area contributed by atoms with E-state index >= 15 is 0 Å². The Balaban J connectivity index is 2.02. The second-order valence-corrected chi connectivity index (χ2v) is 6.28. The quantitative estimate of drug-likeness (QED) is 0.396. The number of alkyl halides is 1. The van der Waals surface area contributed by atoms with E-state index in [0.717, 1.165) is 5.56 Å². The standard InChI is InChI=1S/C18H25FN2O5/c1-24-12-18(19)8-15(21(11-18)16(22)9-20-13-25-2)17(23)26-10-14-6-4-3-5-7-14/h3-7,15,20H,8-13H2,1-2H3/t15-,18+/m0/s1. The number of ether oxygens (including phenoxy) is 3. The summed E-state index contributed by atoms with van der Waals surface area (Å²) < 4.78 is 30.0. The van der Waals surface area contributed by atoms with Crippen LogP contribution in [0.5, 0.6) is 0 Å². The molecule has 0 unspecified atom stereocenters. The summed E-state index contributed by atoms with van der Waals surface area (Å²) in [4.78, 5) is 26.1. The number of carbonyl (C=O) groups excluding carboxylic acids is 2. The summed E-state index contributed by atoms with van der Waals surface area (Å²) in [7, 11) is 2.87. The van der Waals surface area contributed by atoms with Crippen molar-refractivity contribution in [3.05, 3.63) is 35.9 Å². The maximum atomic E-state index is 14.9. The van der Waals surface area contributed by atoms with E-state index in [4.69, 9.17) is 14.2 Å². The number of hydrogen-bond acceptors (Lipinski definition) is 6. The number of hydrogen-bond donors (Lipinski definition) is 1. The van der Waals surface area contributed by atoms with Gasteiger partial charge in [0.15, 0.2) is 5.67 Å². The van der Waals surface area contributed by atoms with Crippen LogP contribution in [0.2, 0.25) is 0 Å². The van der Waals surface area contributed by atoms with Crippen molar-refractivity contribution >= 4 is 11.9 Å². The zero-order chi connectivity index (χ0) is 19.0. The first-order valence-corrected chi connectivity index (χ1v) is 8.36. The van der Waals surface area contributed by atoms with Crippen LogP contribution in [0.4, 0.5) is 4.39 Å². The lowest BCUT2D eigenvalue weighted by atomic mass is 10.0. The maximum absolute atomic E-state index is 14.9. The maximum Gasteiger partial charge on any atom is 0.329 e. The molecule has 0 spiro atoms. The molecule has 1 saturated heterocycles. The van der Waals surface area contributed by atoms with E-state index in [-0.39, 0.29) is 45.4 Å². The molecule has 1 aromatic rings. The molecule has 1 heterocycles. The van der Waals surface area contributed by atoms with Crippen molar-refractivity contribution in [2.75, 3.05) is 40.6 Å². The Morgan fingerprint density at radius 3 is 2.65 bits per heavy atom. The second-order valence-electron chi connectivity index (χ2n) is 6.28. The minimum absolute atomic E-state index is 0.0562. The third-order valence-corrected chi connectivity index (χ3v) is 4.13. The van der Waals surface area contributed by atoms with E-state index in [2.05, 4.69) is 5.32 Å². The lowest BCUT2D eigenvalue weighted by Crippen LogP contribution is -2.46. The summed E-state index contributed by atoms with van der Waals surface area (Å²) in [5.41, 5.74) is -0.955. The number of nitrogens with one attached hydrogen (secondary N) is 1. The second kappa shape index (κ2) is 9.61. The molecule has 1 fully saturated rings. The average molecular weight is 368 g/mol. The number of amides is 1. The number of esters is 1. The number of halogens is 1. The summed E-state index contributed by atoms with van der Waals surface area (Å²) in [6.45, 7) is -0.200. The van der Waals surface area contributed by atoms with Gasteiger partial charge in [0.05, 0.1) is 26.4 Å². The van der Waals surface area contributed by atoms with Crippen molar-refractivity contribution in [1.82, 2.24) is 10.2 Å². The Kier molecular flexibility index (Phi) is 7.50. The highest BCUT2D eigenvalue weighted by Gasteiger charge is 2.50. The van der Waals surface area contributed by atoms with Gasteiger partial charge in [0.25, 0.3) is 0 Å². The molecule has 144 valence electrons. The van der Waals surface area contributed by atoms with E-state index in [9.17, 15) is 14.0 Å². The van der Waals surface area contributed by atoms with Gasteiger partial charge in [-0.2, -0.15) is 0 Å². The van der Waals surface area contributed by atoms with Gasteiger partial charge in [-0.3, -0.25) is 10.1 Å². The van der Waals surface area contributed by atoms with Crippen LogP contribution in [-0.4, -0.2) is 69.1 Å². The third kappa shape index (κ3) is 5.48. The van der Waals surface area contributed by atoms with E-state index in [0.29, 0.717) is 0 Å². The normalized spacial score (nSPS) is 22.4. The van der Waals surface area contributed by atoms with E-state index in [1.807, 2.05) is 30.3 Å². The third-order valence-electron chi connectivity index (χ3n) is 4.13. The van der Waals surface area contributed by atoms with Crippen molar-refractivity contribution in [1.29, 1.82) is 0 Å². The Hall–Kier alpha value is -2.03. The Bertz CT molecular complexity index is 601. The monoisotopic (exact) mass is 368 g/mol. The van der Waals surface area contributed by atoms with Gasteiger partial charge in [0.2, 0.25) is 5.91 Å². The number of carbonyl (C=O) groups is 2. The van der Waals surface area contributed by atoms with Crippen molar-refractivity contribution in [2.24, 2.45) is 0 Å². The minimum Gasteiger partial charge on any atom is -0.459 e. The largest absolute Gasteiger partial charge is 0.459 e. The molecule has 0 bridgehead atoms. The van der Waals surface area contributed by atoms with Gasteiger partial charge in [0.1, 0.15) is 12.6 Å². The molecule has 2 atom stereocenters. The number of methoxy groups -OCH3 is 2. The van der Waals surface area contributed by atoms with E-state index in [1.54, 1.807) is 0 Å². The summed E-state index contributed by atoms with van der Waals surface area (Å²) in [6, 6.07) is 8.20. The number of nitrogens with zero attached hydrogens (tertiary/aromatic N) is 1. The molecular formula is C18H25FN2O5. The smallest absolute Gasteiger partial charge is 0.329 e. The first-order chi connectivity index (χ1) is 12.5.